The van der Waals surface area contributed by atoms with Crippen molar-refractivity contribution < 1.29 is 9.53 Å². The lowest BCUT2D eigenvalue weighted by atomic mass is 10.3. The number of aromatic nitrogens is 2. The quantitative estimate of drug-likeness (QED) is 0.728. The zero-order valence-corrected chi connectivity index (χ0v) is 13.1. The maximum absolute atomic E-state index is 11.5. The van der Waals surface area contributed by atoms with Gasteiger partial charge in [-0.2, -0.15) is 5.10 Å². The number of nitrogens with one attached hydrogen (secondary N) is 2. The summed E-state index contributed by atoms with van der Waals surface area (Å²) in [4.78, 5) is 11.5. The lowest BCUT2D eigenvalue weighted by Crippen LogP contribution is -2.23. The third kappa shape index (κ3) is 3.34. The fourth-order valence-corrected chi connectivity index (χ4v) is 2.22. The summed E-state index contributed by atoms with van der Waals surface area (Å²) in [6.45, 7) is 2.40. The number of hydrogen-bond donors (Lipinski definition) is 3. The number of anilines is 2. The van der Waals surface area contributed by atoms with Crippen LogP contribution in [0.25, 0.3) is 0 Å². The number of carbonyl (C=O) groups excluding carboxylic acids is 1. The first-order valence-electron chi connectivity index (χ1n) is 6.63. The van der Waals surface area contributed by atoms with Crippen LogP contribution in [0.3, 0.4) is 0 Å². The van der Waals surface area contributed by atoms with Gasteiger partial charge in [-0.15, -0.1) is 0 Å². The number of amides is 1. The molecule has 0 fully saturated rings. The fourth-order valence-electron chi connectivity index (χ4n) is 2.00. The summed E-state index contributed by atoms with van der Waals surface area (Å²) in [5.74, 6) is 0.0907. The normalized spacial score (nSPS) is 10.1. The largest absolute Gasteiger partial charge is 0.495 e. The molecule has 22 heavy (non-hydrogen) atoms. The molecule has 0 spiro atoms. The summed E-state index contributed by atoms with van der Waals surface area (Å²) in [7, 11) is 1.58. The van der Waals surface area contributed by atoms with E-state index in [1.165, 1.54) is 10.9 Å². The molecule has 0 bridgehead atoms. The Kier molecular flexibility index (Phi) is 4.95. The molecule has 1 aromatic carbocycles. The Bertz CT molecular complexity index is 698. The molecule has 0 radical (unpaired) electrons. The predicted octanol–water partition coefficient (Wildman–Crippen LogP) is 1.82. The highest BCUT2D eigenvalue weighted by Gasteiger charge is 2.16. The number of para-hydroxylation sites is 2. The van der Waals surface area contributed by atoms with Crippen LogP contribution in [0.15, 0.2) is 30.5 Å². The third-order valence-corrected chi connectivity index (χ3v) is 3.18. The summed E-state index contributed by atoms with van der Waals surface area (Å²) in [6, 6.07) is 7.36. The lowest BCUT2D eigenvalue weighted by molar-refractivity contribution is 0.0991. The molecule has 2 aromatic rings. The van der Waals surface area contributed by atoms with Gasteiger partial charge in [0.05, 0.1) is 24.7 Å². The van der Waals surface area contributed by atoms with E-state index in [0.29, 0.717) is 28.8 Å². The molecule has 8 heteroatoms. The molecule has 0 unspecified atom stereocenters. The van der Waals surface area contributed by atoms with Crippen LogP contribution in [0.1, 0.15) is 17.4 Å². The van der Waals surface area contributed by atoms with Crippen LogP contribution >= 0.6 is 12.2 Å². The summed E-state index contributed by atoms with van der Waals surface area (Å²) >= 11 is 5.25. The van der Waals surface area contributed by atoms with Crippen molar-refractivity contribution in [1.82, 2.24) is 9.78 Å². The Labute approximate surface area is 133 Å². The maximum atomic E-state index is 11.5. The van der Waals surface area contributed by atoms with Gasteiger partial charge in [-0.05, 0) is 31.3 Å². The number of primary amides is 1. The monoisotopic (exact) mass is 319 g/mol. The number of rotatable bonds is 5. The first kappa shape index (κ1) is 15.8. The molecule has 116 valence electrons. The molecule has 2 rings (SSSR count). The summed E-state index contributed by atoms with van der Waals surface area (Å²) in [5.41, 5.74) is 6.84. The van der Waals surface area contributed by atoms with Crippen molar-refractivity contribution in [3.8, 4) is 5.75 Å². The van der Waals surface area contributed by atoms with Gasteiger partial charge in [-0.1, -0.05) is 12.1 Å². The summed E-state index contributed by atoms with van der Waals surface area (Å²) < 4.78 is 6.75. The van der Waals surface area contributed by atoms with E-state index >= 15 is 0 Å². The molecule has 0 saturated heterocycles. The molecule has 1 heterocycles. The number of thiocarbonyl (C=S) groups is 1. The van der Waals surface area contributed by atoms with Gasteiger partial charge in [0.1, 0.15) is 11.4 Å². The topological polar surface area (TPSA) is 94.2 Å². The average Bonchev–Trinajstić information content (AvgIpc) is 2.90. The smallest absolute Gasteiger partial charge is 0.269 e. The van der Waals surface area contributed by atoms with Crippen LogP contribution in [0.5, 0.6) is 5.75 Å². The number of hydrogen-bond acceptors (Lipinski definition) is 4. The van der Waals surface area contributed by atoms with E-state index in [4.69, 9.17) is 22.7 Å². The number of benzene rings is 1. The standard InChI is InChI=1S/C14H17N5O2S/c1-3-19-12(13(15)20)10(8-16-19)18-14(22)17-9-6-4-5-7-11(9)21-2/h4-8H,3H2,1-2H3,(H2,15,20)(H2,17,18,22). The number of carbonyl (C=O) groups is 1. The van der Waals surface area contributed by atoms with E-state index in [2.05, 4.69) is 15.7 Å². The van der Waals surface area contributed by atoms with Crippen molar-refractivity contribution in [3.05, 3.63) is 36.2 Å². The van der Waals surface area contributed by atoms with Crippen molar-refractivity contribution >= 4 is 34.6 Å². The van der Waals surface area contributed by atoms with Crippen LogP contribution in [0.2, 0.25) is 0 Å². The van der Waals surface area contributed by atoms with Crippen LogP contribution in [0.4, 0.5) is 11.4 Å². The summed E-state index contributed by atoms with van der Waals surface area (Å²) in [5, 5.41) is 10.3. The van der Waals surface area contributed by atoms with Gasteiger partial charge in [0.25, 0.3) is 5.91 Å². The molecular weight excluding hydrogens is 302 g/mol. The molecule has 0 saturated carbocycles. The van der Waals surface area contributed by atoms with Gasteiger partial charge in [0.2, 0.25) is 0 Å². The second kappa shape index (κ2) is 6.90. The van der Waals surface area contributed by atoms with Crippen molar-refractivity contribution in [3.63, 3.8) is 0 Å². The van der Waals surface area contributed by atoms with Crippen LogP contribution in [0, 0.1) is 0 Å². The van der Waals surface area contributed by atoms with Crippen LogP contribution < -0.4 is 21.1 Å². The van der Waals surface area contributed by atoms with Crippen molar-refractivity contribution in [2.75, 3.05) is 17.7 Å². The Morgan fingerprint density at radius 2 is 2.05 bits per heavy atom. The number of ether oxygens (including phenoxy) is 1. The molecule has 0 aliphatic carbocycles. The zero-order chi connectivity index (χ0) is 16.1. The van der Waals surface area contributed by atoms with E-state index in [1.54, 1.807) is 7.11 Å². The van der Waals surface area contributed by atoms with Gasteiger partial charge in [0.15, 0.2) is 5.11 Å². The SMILES string of the molecule is CCn1ncc(NC(=S)Nc2ccccc2OC)c1C(N)=O. The molecule has 1 aromatic heterocycles. The fraction of sp³-hybridized carbons (Fsp3) is 0.214. The maximum Gasteiger partial charge on any atom is 0.269 e. The molecule has 0 aliphatic rings. The van der Waals surface area contributed by atoms with Gasteiger partial charge in [-0.25, -0.2) is 0 Å². The Hall–Kier alpha value is -2.61. The third-order valence-electron chi connectivity index (χ3n) is 2.98. The van der Waals surface area contributed by atoms with Crippen LogP contribution in [-0.2, 0) is 6.54 Å². The van der Waals surface area contributed by atoms with Crippen molar-refractivity contribution in [2.45, 2.75) is 13.5 Å². The average molecular weight is 319 g/mol. The van der Waals surface area contributed by atoms with E-state index in [1.807, 2.05) is 31.2 Å². The van der Waals surface area contributed by atoms with E-state index < -0.39 is 5.91 Å². The minimum atomic E-state index is -0.568. The zero-order valence-electron chi connectivity index (χ0n) is 12.3. The predicted molar refractivity (Wildman–Crippen MR) is 89.3 cm³/mol. The number of nitrogens with two attached hydrogens (primary N) is 1. The molecule has 0 aliphatic heterocycles. The first-order chi connectivity index (χ1) is 10.6. The molecule has 4 N–H and O–H groups in total. The van der Waals surface area contributed by atoms with E-state index in [9.17, 15) is 4.79 Å². The minimum absolute atomic E-state index is 0.284. The van der Waals surface area contributed by atoms with Gasteiger partial charge in [0, 0.05) is 6.54 Å². The second-order valence-electron chi connectivity index (χ2n) is 4.37. The Morgan fingerprint density at radius 1 is 1.36 bits per heavy atom. The minimum Gasteiger partial charge on any atom is -0.495 e. The highest BCUT2D eigenvalue weighted by molar-refractivity contribution is 7.80. The number of nitrogens with zero attached hydrogens (tertiary/aromatic N) is 2. The Balaban J connectivity index is 2.16. The van der Waals surface area contributed by atoms with E-state index in [-0.39, 0.29) is 5.69 Å². The second-order valence-corrected chi connectivity index (χ2v) is 4.77. The molecular formula is C14H17N5O2S. The molecule has 0 atom stereocenters. The number of aryl methyl sites for hydroxylation is 1. The highest BCUT2D eigenvalue weighted by Crippen LogP contribution is 2.23. The molecule has 7 nitrogen and oxygen atoms in total. The Morgan fingerprint density at radius 3 is 2.68 bits per heavy atom. The number of methoxy groups -OCH3 is 1. The van der Waals surface area contributed by atoms with Crippen molar-refractivity contribution in [1.29, 1.82) is 0 Å². The van der Waals surface area contributed by atoms with Gasteiger partial charge < -0.3 is 21.1 Å². The molecule has 1 amide bonds. The van der Waals surface area contributed by atoms with E-state index in [0.717, 1.165) is 0 Å². The van der Waals surface area contributed by atoms with Crippen molar-refractivity contribution in [2.24, 2.45) is 5.73 Å². The van der Waals surface area contributed by atoms with Gasteiger partial charge >= 0.3 is 0 Å². The lowest BCUT2D eigenvalue weighted by Gasteiger charge is -2.13. The van der Waals surface area contributed by atoms with Gasteiger partial charge in [-0.3, -0.25) is 9.48 Å². The summed E-state index contributed by atoms with van der Waals surface area (Å²) in [6.07, 6.45) is 1.51. The first-order valence-corrected chi connectivity index (χ1v) is 7.04. The highest BCUT2D eigenvalue weighted by atomic mass is 32.1. The van der Waals surface area contributed by atoms with Crippen LogP contribution in [-0.4, -0.2) is 27.9 Å².